The third-order valence-electron chi connectivity index (χ3n) is 4.24. The highest BCUT2D eigenvalue weighted by molar-refractivity contribution is 7.12. The lowest BCUT2D eigenvalue weighted by Gasteiger charge is -2.34. The molecule has 1 atom stereocenters. The minimum absolute atomic E-state index is 0.0621. The summed E-state index contributed by atoms with van der Waals surface area (Å²) < 4.78 is 5.56. The van der Waals surface area contributed by atoms with E-state index in [-0.39, 0.29) is 11.8 Å². The van der Waals surface area contributed by atoms with E-state index in [1.54, 1.807) is 11.0 Å². The fourth-order valence-electron chi connectivity index (χ4n) is 3.06. The minimum Gasteiger partial charge on any atom is -0.492 e. The van der Waals surface area contributed by atoms with Crippen molar-refractivity contribution in [3.05, 3.63) is 46.7 Å². The molecule has 0 bridgehead atoms. The maximum atomic E-state index is 12.9. The van der Waals surface area contributed by atoms with E-state index >= 15 is 0 Å². The van der Waals surface area contributed by atoms with Gasteiger partial charge in [-0.1, -0.05) is 18.2 Å². The summed E-state index contributed by atoms with van der Waals surface area (Å²) in [4.78, 5) is 28.0. The van der Waals surface area contributed by atoms with Gasteiger partial charge in [0.15, 0.2) is 0 Å². The molecular weight excluding hydrogens is 336 g/mol. The van der Waals surface area contributed by atoms with E-state index < -0.39 is 6.04 Å². The Labute approximate surface area is 151 Å². The van der Waals surface area contributed by atoms with Crippen LogP contribution < -0.4 is 10.1 Å². The number of hydrogen-bond acceptors (Lipinski definition) is 4. The fourth-order valence-corrected chi connectivity index (χ4v) is 3.74. The van der Waals surface area contributed by atoms with E-state index in [9.17, 15) is 9.59 Å². The monoisotopic (exact) mass is 358 g/mol. The number of ether oxygens (including phenoxy) is 1. The van der Waals surface area contributed by atoms with E-state index in [1.165, 1.54) is 11.3 Å². The average molecular weight is 358 g/mol. The SMILES string of the molecule is CCOc1ccccc1NC(=O)C1CCCCN1C(=O)c1cccs1. The molecule has 6 heteroatoms. The number of benzene rings is 1. The molecule has 2 aromatic rings. The van der Waals surface area contributed by atoms with Crippen LogP contribution in [0.3, 0.4) is 0 Å². The first kappa shape index (κ1) is 17.5. The zero-order chi connectivity index (χ0) is 17.6. The summed E-state index contributed by atoms with van der Waals surface area (Å²) in [7, 11) is 0. The molecule has 5 nitrogen and oxygen atoms in total. The van der Waals surface area contributed by atoms with Crippen molar-refractivity contribution < 1.29 is 14.3 Å². The smallest absolute Gasteiger partial charge is 0.264 e. The molecular formula is C19H22N2O3S. The van der Waals surface area contributed by atoms with Crippen molar-refractivity contribution in [1.29, 1.82) is 0 Å². The highest BCUT2D eigenvalue weighted by Gasteiger charge is 2.33. The second-order valence-corrected chi connectivity index (χ2v) is 6.85. The van der Waals surface area contributed by atoms with Crippen molar-refractivity contribution in [2.45, 2.75) is 32.2 Å². The molecule has 0 spiro atoms. The first-order valence-corrected chi connectivity index (χ1v) is 9.46. The molecule has 2 amide bonds. The Morgan fingerprint density at radius 2 is 2.08 bits per heavy atom. The number of likely N-dealkylation sites (tertiary alicyclic amines) is 1. The van der Waals surface area contributed by atoms with Gasteiger partial charge in [0.05, 0.1) is 17.2 Å². The summed E-state index contributed by atoms with van der Waals surface area (Å²) in [6, 6.07) is 10.6. The van der Waals surface area contributed by atoms with Gasteiger partial charge in [-0.05, 0) is 49.8 Å². The highest BCUT2D eigenvalue weighted by atomic mass is 32.1. The molecule has 2 heterocycles. The molecule has 1 aromatic heterocycles. The molecule has 0 radical (unpaired) electrons. The van der Waals surface area contributed by atoms with Gasteiger partial charge in [0.25, 0.3) is 5.91 Å². The van der Waals surface area contributed by atoms with Gasteiger partial charge in [0.1, 0.15) is 11.8 Å². The molecule has 1 N–H and O–H groups in total. The molecule has 25 heavy (non-hydrogen) atoms. The van der Waals surface area contributed by atoms with Crippen molar-refractivity contribution in [2.75, 3.05) is 18.5 Å². The summed E-state index contributed by atoms with van der Waals surface area (Å²) >= 11 is 1.41. The van der Waals surface area contributed by atoms with E-state index in [4.69, 9.17) is 4.74 Å². The van der Waals surface area contributed by atoms with E-state index in [2.05, 4.69) is 5.32 Å². The van der Waals surface area contributed by atoms with Crippen LogP contribution in [0.1, 0.15) is 35.9 Å². The molecule has 1 unspecified atom stereocenters. The summed E-state index contributed by atoms with van der Waals surface area (Å²) in [6.45, 7) is 3.04. The fraction of sp³-hybridized carbons (Fsp3) is 0.368. The number of nitrogens with one attached hydrogen (secondary N) is 1. The quantitative estimate of drug-likeness (QED) is 0.885. The summed E-state index contributed by atoms with van der Waals surface area (Å²) in [5, 5.41) is 4.82. The van der Waals surface area contributed by atoms with Gasteiger partial charge in [-0.3, -0.25) is 9.59 Å². The second-order valence-electron chi connectivity index (χ2n) is 5.91. The first-order valence-electron chi connectivity index (χ1n) is 8.58. The summed E-state index contributed by atoms with van der Waals surface area (Å²) in [5.74, 6) is 0.426. The van der Waals surface area contributed by atoms with E-state index in [1.807, 2.05) is 42.6 Å². The zero-order valence-corrected chi connectivity index (χ0v) is 15.1. The van der Waals surface area contributed by atoms with Crippen molar-refractivity contribution in [1.82, 2.24) is 4.90 Å². The van der Waals surface area contributed by atoms with Crippen LogP contribution in [0.4, 0.5) is 5.69 Å². The second kappa shape index (κ2) is 8.16. The van der Waals surface area contributed by atoms with Crippen LogP contribution in [-0.2, 0) is 4.79 Å². The van der Waals surface area contributed by atoms with Gasteiger partial charge in [0, 0.05) is 6.54 Å². The number of para-hydroxylation sites is 2. The molecule has 1 saturated heterocycles. The lowest BCUT2D eigenvalue weighted by atomic mass is 10.0. The average Bonchev–Trinajstić information content (AvgIpc) is 3.17. The van der Waals surface area contributed by atoms with Crippen molar-refractivity contribution in [3.63, 3.8) is 0 Å². The van der Waals surface area contributed by atoms with Crippen molar-refractivity contribution >= 4 is 28.8 Å². The number of thiophene rings is 1. The van der Waals surface area contributed by atoms with Crippen LogP contribution in [0.15, 0.2) is 41.8 Å². The van der Waals surface area contributed by atoms with Crippen LogP contribution in [0, 0.1) is 0 Å². The van der Waals surface area contributed by atoms with E-state index in [0.717, 1.165) is 12.8 Å². The van der Waals surface area contributed by atoms with Gasteiger partial charge < -0.3 is 15.0 Å². The Bertz CT molecular complexity index is 730. The maximum absolute atomic E-state index is 12.9. The molecule has 1 fully saturated rings. The first-order chi connectivity index (χ1) is 12.2. The van der Waals surface area contributed by atoms with Gasteiger partial charge in [0.2, 0.25) is 5.91 Å². The lowest BCUT2D eigenvalue weighted by molar-refractivity contribution is -0.121. The highest BCUT2D eigenvalue weighted by Crippen LogP contribution is 2.26. The van der Waals surface area contributed by atoms with E-state index in [0.29, 0.717) is 35.9 Å². The number of piperidine rings is 1. The Morgan fingerprint density at radius 1 is 1.24 bits per heavy atom. The third kappa shape index (κ3) is 4.02. The van der Waals surface area contributed by atoms with Crippen LogP contribution in [0.25, 0.3) is 0 Å². The number of rotatable bonds is 5. The van der Waals surface area contributed by atoms with Gasteiger partial charge in [-0.15, -0.1) is 11.3 Å². The zero-order valence-electron chi connectivity index (χ0n) is 14.2. The predicted octanol–water partition coefficient (Wildman–Crippen LogP) is 3.78. The largest absolute Gasteiger partial charge is 0.492 e. The summed E-state index contributed by atoms with van der Waals surface area (Å²) in [6.07, 6.45) is 2.55. The maximum Gasteiger partial charge on any atom is 0.264 e. The Morgan fingerprint density at radius 3 is 2.84 bits per heavy atom. The van der Waals surface area contributed by atoms with Crippen LogP contribution in [0.2, 0.25) is 0 Å². The Hall–Kier alpha value is -2.34. The van der Waals surface area contributed by atoms with Crippen molar-refractivity contribution in [2.24, 2.45) is 0 Å². The number of hydrogen-bond donors (Lipinski definition) is 1. The molecule has 132 valence electrons. The van der Waals surface area contributed by atoms with Gasteiger partial charge >= 0.3 is 0 Å². The predicted molar refractivity (Wildman–Crippen MR) is 99.2 cm³/mol. The number of nitrogens with zero attached hydrogens (tertiary/aromatic N) is 1. The molecule has 3 rings (SSSR count). The third-order valence-corrected chi connectivity index (χ3v) is 5.10. The van der Waals surface area contributed by atoms with Crippen LogP contribution >= 0.6 is 11.3 Å². The van der Waals surface area contributed by atoms with Crippen LogP contribution in [0.5, 0.6) is 5.75 Å². The standard InChI is InChI=1S/C19H22N2O3S/c1-2-24-16-10-4-3-8-14(16)20-18(22)15-9-5-6-12-21(15)19(23)17-11-7-13-25-17/h3-4,7-8,10-11,13,15H,2,5-6,9,12H2,1H3,(H,20,22). The molecule has 1 aliphatic rings. The molecule has 0 saturated carbocycles. The normalized spacial score (nSPS) is 17.2. The molecule has 1 aliphatic heterocycles. The lowest BCUT2D eigenvalue weighted by Crippen LogP contribution is -2.49. The van der Waals surface area contributed by atoms with Gasteiger partial charge in [-0.2, -0.15) is 0 Å². The number of carbonyl (C=O) groups excluding carboxylic acids is 2. The number of anilines is 1. The summed E-state index contributed by atoms with van der Waals surface area (Å²) in [5.41, 5.74) is 0.642. The van der Waals surface area contributed by atoms with Crippen molar-refractivity contribution in [3.8, 4) is 5.75 Å². The van der Waals surface area contributed by atoms with Crippen LogP contribution in [-0.4, -0.2) is 35.9 Å². The Balaban J connectivity index is 1.76. The molecule has 1 aromatic carbocycles. The Kier molecular flexibility index (Phi) is 5.71. The molecule has 0 aliphatic carbocycles. The number of amides is 2. The number of carbonyl (C=O) groups is 2. The topological polar surface area (TPSA) is 58.6 Å². The van der Waals surface area contributed by atoms with Gasteiger partial charge in [-0.25, -0.2) is 0 Å². The minimum atomic E-state index is -0.446.